The molecule has 2 bridgehead atoms. The van der Waals surface area contributed by atoms with E-state index in [0.29, 0.717) is 57.7 Å². The molecule has 3 saturated heterocycles. The van der Waals surface area contributed by atoms with E-state index in [1.54, 1.807) is 55.6 Å². The summed E-state index contributed by atoms with van der Waals surface area (Å²) in [4.78, 5) is 30.6. The highest BCUT2D eigenvalue weighted by atomic mass is 35.5. The molecule has 268 valence electrons. The second kappa shape index (κ2) is 15.7. The second-order valence-electron chi connectivity index (χ2n) is 12.7. The van der Waals surface area contributed by atoms with Gasteiger partial charge in [-0.25, -0.2) is 4.79 Å². The Hall–Kier alpha value is -4.71. The molecule has 3 fully saturated rings. The number of amides is 1. The number of nitrogens with zero attached hydrogens (tertiary/aromatic N) is 3. The molecule has 11 nitrogen and oxygen atoms in total. The number of carbonyl (C=O) groups excluding carboxylic acids is 2. The van der Waals surface area contributed by atoms with Gasteiger partial charge in [0.15, 0.2) is 11.5 Å². The number of aromatic nitrogens is 1. The van der Waals surface area contributed by atoms with Gasteiger partial charge in [0, 0.05) is 34.4 Å². The Morgan fingerprint density at radius 1 is 0.961 bits per heavy atom. The number of piperidine rings is 3. The number of carboxylic acid groups (broad SMARTS) is 1. The van der Waals surface area contributed by atoms with E-state index in [4.69, 9.17) is 42.1 Å². The third-order valence-electron chi connectivity index (χ3n) is 9.77. The quantitative estimate of drug-likeness (QED) is 0.148. The maximum atomic E-state index is 14.0. The van der Waals surface area contributed by atoms with Crippen LogP contribution in [0.3, 0.4) is 0 Å². The van der Waals surface area contributed by atoms with Gasteiger partial charge in [0.05, 0.1) is 39.5 Å². The Kier molecular flexibility index (Phi) is 11.1. The number of aromatic carboxylic acids is 1. The second-order valence-corrected chi connectivity index (χ2v) is 13.6. The minimum atomic E-state index is -1.38. The van der Waals surface area contributed by atoms with Crippen LogP contribution in [-0.2, 0) is 17.7 Å². The summed E-state index contributed by atoms with van der Waals surface area (Å²) in [5.74, 6) is -0.251. The summed E-state index contributed by atoms with van der Waals surface area (Å²) in [7, 11) is 4.59. The molecule has 1 amide bonds. The van der Waals surface area contributed by atoms with Crippen molar-refractivity contribution in [2.24, 2.45) is 5.92 Å². The van der Waals surface area contributed by atoms with Crippen LogP contribution in [0.1, 0.15) is 51.4 Å². The van der Waals surface area contributed by atoms with Crippen LogP contribution in [0.15, 0.2) is 73.1 Å². The number of hydrogen-bond donors (Lipinski definition) is 1. The van der Waals surface area contributed by atoms with Gasteiger partial charge in [-0.15, -0.1) is 0 Å². The summed E-state index contributed by atoms with van der Waals surface area (Å²) in [6.07, 6.45) is 3.97. The van der Waals surface area contributed by atoms with Gasteiger partial charge in [-0.1, -0.05) is 53.5 Å². The highest BCUT2D eigenvalue weighted by Gasteiger charge is 2.37. The molecule has 3 aliphatic heterocycles. The summed E-state index contributed by atoms with van der Waals surface area (Å²) in [6.45, 7) is 2.77. The molecule has 0 aliphatic carbocycles. The van der Waals surface area contributed by atoms with Crippen molar-refractivity contribution in [2.75, 3.05) is 45.9 Å². The van der Waals surface area contributed by atoms with Gasteiger partial charge in [-0.3, -0.25) is 15.0 Å². The Bertz CT molecular complexity index is 1890. The van der Waals surface area contributed by atoms with E-state index in [0.717, 1.165) is 30.7 Å². The molecule has 0 radical (unpaired) electrons. The van der Waals surface area contributed by atoms with Crippen molar-refractivity contribution >= 4 is 41.0 Å². The largest absolute Gasteiger partial charge is 0.545 e. The summed E-state index contributed by atoms with van der Waals surface area (Å²) < 4.78 is 23.5. The highest BCUT2D eigenvalue weighted by Crippen LogP contribution is 2.39. The minimum absolute atomic E-state index is 0.0540. The molecule has 4 heterocycles. The molecule has 3 aromatic carbocycles. The van der Waals surface area contributed by atoms with Crippen LogP contribution in [0.4, 0.5) is 10.5 Å². The number of ether oxygens (including phenoxy) is 4. The van der Waals surface area contributed by atoms with E-state index in [-0.39, 0.29) is 34.7 Å². The maximum Gasteiger partial charge on any atom is 0.414 e. The van der Waals surface area contributed by atoms with Gasteiger partial charge < -0.3 is 28.8 Å². The average Bonchev–Trinajstić information content (AvgIpc) is 3.13. The molecule has 0 unspecified atom stereocenters. The van der Waals surface area contributed by atoms with Crippen molar-refractivity contribution < 1.29 is 43.6 Å². The van der Waals surface area contributed by atoms with Crippen LogP contribution in [0.5, 0.6) is 17.2 Å². The maximum absolute atomic E-state index is 14.0. The van der Waals surface area contributed by atoms with Gasteiger partial charge in [-0.05, 0) is 79.2 Å². The lowest BCUT2D eigenvalue weighted by atomic mass is 9.82. The molecule has 2 atom stereocenters. The fraction of sp³-hybridized carbons (Fsp3) is 0.342. The fourth-order valence-electron chi connectivity index (χ4n) is 7.06. The van der Waals surface area contributed by atoms with Crippen molar-refractivity contribution in [2.45, 2.75) is 37.8 Å². The van der Waals surface area contributed by atoms with Gasteiger partial charge in [0.2, 0.25) is 12.4 Å². The first-order chi connectivity index (χ1) is 24.6. The zero-order chi connectivity index (χ0) is 36.2. The van der Waals surface area contributed by atoms with Crippen molar-refractivity contribution in [3.05, 3.63) is 111 Å². The molecule has 0 spiro atoms. The van der Waals surface area contributed by atoms with Crippen LogP contribution < -0.4 is 28.9 Å². The van der Waals surface area contributed by atoms with E-state index < -0.39 is 18.0 Å². The van der Waals surface area contributed by atoms with Crippen molar-refractivity contribution in [1.29, 1.82) is 0 Å². The molecule has 51 heavy (non-hydrogen) atoms. The van der Waals surface area contributed by atoms with Crippen LogP contribution in [-0.4, -0.2) is 69.2 Å². The van der Waals surface area contributed by atoms with Crippen molar-refractivity contribution in [1.82, 2.24) is 4.90 Å². The normalized spacial score (nSPS) is 18.5. The molecular formula is C38H39Cl2N3O8. The number of methoxy groups -OCH3 is 3. The van der Waals surface area contributed by atoms with Gasteiger partial charge in [0.1, 0.15) is 21.9 Å². The van der Waals surface area contributed by atoms with Gasteiger partial charge in [-0.2, -0.15) is 0 Å². The Labute approximate surface area is 306 Å². The van der Waals surface area contributed by atoms with E-state index in [9.17, 15) is 19.9 Å². The van der Waals surface area contributed by atoms with E-state index >= 15 is 0 Å². The zero-order valence-corrected chi connectivity index (χ0v) is 30.0. The van der Waals surface area contributed by atoms with Crippen molar-refractivity contribution in [3.8, 4) is 17.2 Å². The van der Waals surface area contributed by atoms with E-state index in [2.05, 4.69) is 4.90 Å². The highest BCUT2D eigenvalue weighted by molar-refractivity contribution is 6.35. The lowest BCUT2D eigenvalue weighted by Crippen LogP contribution is -2.53. The standard InChI is InChI=1S/C38H39Cl2N3O8/c1-48-27-6-4-5-26(17-27)43(38(46)51-36-22-41-13-11-24(36)12-14-41)19-23-7-9-28(37(44)45)30(15-23)29(18-31-32(39)20-42(47)21-33(31)40)25-8-10-34(49-2)35(16-25)50-3/h4-10,15-17,20-21,24,29,36H,11-14,18-19,22H2,1-3H3,(H-,44,45,47)/t29-,36-/m0/s1. The lowest BCUT2D eigenvalue weighted by Gasteiger charge is -2.44. The summed E-state index contributed by atoms with van der Waals surface area (Å²) in [5, 5.41) is 23.1. The molecule has 4 aromatic rings. The van der Waals surface area contributed by atoms with Gasteiger partial charge in [0.25, 0.3) is 0 Å². The number of anilines is 1. The van der Waals surface area contributed by atoms with Gasteiger partial charge >= 0.3 is 6.09 Å². The number of fused-ring (bicyclic) bond motifs is 3. The number of hydrogen-bond acceptors (Lipinski definition) is 9. The minimum Gasteiger partial charge on any atom is -0.545 e. The number of carbonyl (C=O) groups is 2. The van der Waals surface area contributed by atoms with Crippen LogP contribution >= 0.6 is 23.2 Å². The van der Waals surface area contributed by atoms with E-state index in [1.165, 1.54) is 37.6 Å². The molecule has 13 heteroatoms. The SMILES string of the molecule is COc1cccc(N(Cc2ccc(C(=O)[O-])c([C@@H](Cc3c(Cl)c[n+](O)cc3Cl)c3ccc(OC)c(OC)c3)c2)C(=O)O[C@H]2CN3CCC2CC3)c1. The monoisotopic (exact) mass is 735 g/mol. The first kappa shape index (κ1) is 36.1. The first-order valence-electron chi connectivity index (χ1n) is 16.6. The number of pyridine rings is 1. The Morgan fingerprint density at radius 3 is 2.31 bits per heavy atom. The summed E-state index contributed by atoms with van der Waals surface area (Å²) in [6, 6.07) is 17.3. The topological polar surface area (TPSA) is 125 Å². The fourth-order valence-corrected chi connectivity index (χ4v) is 7.67. The Morgan fingerprint density at radius 2 is 1.69 bits per heavy atom. The predicted molar refractivity (Wildman–Crippen MR) is 188 cm³/mol. The third kappa shape index (κ3) is 7.96. The summed E-state index contributed by atoms with van der Waals surface area (Å²) in [5.41, 5.74) is 2.69. The smallest absolute Gasteiger partial charge is 0.414 e. The number of halogens is 2. The van der Waals surface area contributed by atoms with Crippen LogP contribution in [0.2, 0.25) is 10.0 Å². The number of rotatable bonds is 12. The van der Waals surface area contributed by atoms with Crippen LogP contribution in [0.25, 0.3) is 0 Å². The molecular weight excluding hydrogens is 697 g/mol. The molecule has 0 saturated carbocycles. The summed E-state index contributed by atoms with van der Waals surface area (Å²) >= 11 is 13.2. The molecule has 7 rings (SSSR count). The molecule has 3 aliphatic rings. The Balaban J connectivity index is 1.43. The first-order valence-corrected chi connectivity index (χ1v) is 17.3. The number of benzene rings is 3. The predicted octanol–water partition coefficient (Wildman–Crippen LogP) is 5.52. The molecule has 1 N–H and O–H groups in total. The molecule has 1 aromatic heterocycles. The average molecular weight is 737 g/mol. The third-order valence-corrected chi connectivity index (χ3v) is 10.4. The zero-order valence-electron chi connectivity index (χ0n) is 28.5. The van der Waals surface area contributed by atoms with Crippen LogP contribution in [0, 0.1) is 5.92 Å². The number of carboxylic acids is 1. The lowest BCUT2D eigenvalue weighted by molar-refractivity contribution is -0.904. The van der Waals surface area contributed by atoms with Crippen molar-refractivity contribution in [3.63, 3.8) is 0 Å². The van der Waals surface area contributed by atoms with E-state index in [1.807, 2.05) is 6.07 Å².